The maximum Gasteiger partial charge on any atom is 0.346 e. The van der Waals surface area contributed by atoms with Crippen molar-refractivity contribution in [1.82, 2.24) is 0 Å². The largest absolute Gasteiger partial charge is 0.477 e. The summed E-state index contributed by atoms with van der Waals surface area (Å²) in [5.41, 5.74) is 0.753. The molecule has 1 aromatic heterocycles. The van der Waals surface area contributed by atoms with Crippen LogP contribution in [0.1, 0.15) is 15.2 Å². The zero-order valence-electron chi connectivity index (χ0n) is 7.37. The molecule has 0 spiro atoms. The summed E-state index contributed by atoms with van der Waals surface area (Å²) in [6.45, 7) is 1.79. The van der Waals surface area contributed by atoms with E-state index < -0.39 is 5.97 Å². The van der Waals surface area contributed by atoms with E-state index in [-0.39, 0.29) is 0 Å². The van der Waals surface area contributed by atoms with E-state index >= 15 is 0 Å². The van der Waals surface area contributed by atoms with Crippen LogP contribution in [0, 0.1) is 6.92 Å². The van der Waals surface area contributed by atoms with E-state index in [1.54, 1.807) is 13.0 Å². The van der Waals surface area contributed by atoms with Crippen molar-refractivity contribution in [3.8, 4) is 0 Å². The fraction of sp³-hybridized carbons (Fsp3) is 0.100. The molecule has 14 heavy (non-hydrogen) atoms. The molecule has 0 fully saturated rings. The first kappa shape index (κ1) is 9.49. The zero-order chi connectivity index (χ0) is 10.3. The summed E-state index contributed by atoms with van der Waals surface area (Å²) in [6.07, 6.45) is 0. The van der Waals surface area contributed by atoms with Crippen LogP contribution < -0.4 is 0 Å². The van der Waals surface area contributed by atoms with E-state index in [1.807, 2.05) is 12.1 Å². The van der Waals surface area contributed by atoms with E-state index in [0.29, 0.717) is 9.90 Å². The third-order valence-corrected chi connectivity index (χ3v) is 3.66. The molecule has 0 radical (unpaired) electrons. The van der Waals surface area contributed by atoms with Gasteiger partial charge in [0, 0.05) is 15.1 Å². The number of fused-ring (bicyclic) bond motifs is 1. The highest BCUT2D eigenvalue weighted by Gasteiger charge is 2.15. The van der Waals surface area contributed by atoms with Gasteiger partial charge in [-0.2, -0.15) is 0 Å². The molecule has 0 bridgehead atoms. The lowest BCUT2D eigenvalue weighted by molar-refractivity contribution is 0.0701. The van der Waals surface area contributed by atoms with Gasteiger partial charge in [0.05, 0.1) is 0 Å². The molecule has 2 rings (SSSR count). The minimum absolute atomic E-state index is 0.369. The van der Waals surface area contributed by atoms with Gasteiger partial charge >= 0.3 is 5.97 Å². The van der Waals surface area contributed by atoms with Crippen molar-refractivity contribution in [2.45, 2.75) is 6.92 Å². The lowest BCUT2D eigenvalue weighted by Crippen LogP contribution is -1.93. The van der Waals surface area contributed by atoms with Crippen LogP contribution >= 0.6 is 22.9 Å². The van der Waals surface area contributed by atoms with Crippen LogP contribution in [-0.2, 0) is 0 Å². The van der Waals surface area contributed by atoms with Crippen LogP contribution in [0.4, 0.5) is 0 Å². The van der Waals surface area contributed by atoms with Gasteiger partial charge in [-0.3, -0.25) is 0 Å². The molecule has 1 heterocycles. The van der Waals surface area contributed by atoms with E-state index in [9.17, 15) is 4.79 Å². The number of halogens is 1. The summed E-state index contributed by atoms with van der Waals surface area (Å²) < 4.78 is 0.924. The predicted octanol–water partition coefficient (Wildman–Crippen LogP) is 3.56. The second-order valence-corrected chi connectivity index (χ2v) is 4.43. The number of hydrogen-bond acceptors (Lipinski definition) is 2. The Hall–Kier alpha value is -1.06. The fourth-order valence-electron chi connectivity index (χ4n) is 1.46. The van der Waals surface area contributed by atoms with Gasteiger partial charge in [-0.1, -0.05) is 17.7 Å². The number of aryl methyl sites for hydroxylation is 1. The molecule has 2 aromatic rings. The predicted molar refractivity (Wildman–Crippen MR) is 58.5 cm³/mol. The molecule has 1 N–H and O–H groups in total. The van der Waals surface area contributed by atoms with Gasteiger partial charge in [0.25, 0.3) is 0 Å². The van der Waals surface area contributed by atoms with Crippen molar-refractivity contribution in [3.05, 3.63) is 33.7 Å². The van der Waals surface area contributed by atoms with Crippen LogP contribution in [0.5, 0.6) is 0 Å². The summed E-state index contributed by atoms with van der Waals surface area (Å²) in [5, 5.41) is 10.4. The molecule has 0 aliphatic rings. The highest BCUT2D eigenvalue weighted by atomic mass is 35.5. The molecule has 0 amide bonds. The Balaban J connectivity index is 2.87. The van der Waals surface area contributed by atoms with Crippen LogP contribution in [0.25, 0.3) is 10.1 Å². The topological polar surface area (TPSA) is 37.3 Å². The third-order valence-electron chi connectivity index (χ3n) is 2.10. The lowest BCUT2D eigenvalue weighted by atomic mass is 10.1. The Kier molecular flexibility index (Phi) is 2.21. The number of thiophene rings is 1. The maximum atomic E-state index is 10.9. The number of aromatic carboxylic acids is 1. The smallest absolute Gasteiger partial charge is 0.346 e. The average molecular weight is 227 g/mol. The summed E-state index contributed by atoms with van der Waals surface area (Å²) in [4.78, 5) is 11.2. The fourth-order valence-corrected chi connectivity index (χ4v) is 2.90. The van der Waals surface area contributed by atoms with E-state index in [0.717, 1.165) is 15.6 Å². The van der Waals surface area contributed by atoms with Crippen LogP contribution in [0.15, 0.2) is 18.2 Å². The average Bonchev–Trinajstić information content (AvgIpc) is 2.45. The number of carboxylic acids is 1. The van der Waals surface area contributed by atoms with Crippen LogP contribution in [0.3, 0.4) is 0 Å². The minimum atomic E-state index is -0.889. The van der Waals surface area contributed by atoms with E-state index in [4.69, 9.17) is 16.7 Å². The van der Waals surface area contributed by atoms with Crippen molar-refractivity contribution < 1.29 is 9.90 Å². The minimum Gasteiger partial charge on any atom is -0.477 e. The highest BCUT2D eigenvalue weighted by Crippen LogP contribution is 2.35. The summed E-state index contributed by atoms with van der Waals surface area (Å²) in [6, 6.07) is 5.48. The summed E-state index contributed by atoms with van der Waals surface area (Å²) >= 11 is 7.26. The second kappa shape index (κ2) is 3.26. The van der Waals surface area contributed by atoms with Gasteiger partial charge in [-0.15, -0.1) is 11.3 Å². The first-order chi connectivity index (χ1) is 6.61. The van der Waals surface area contributed by atoms with Crippen molar-refractivity contribution in [2.75, 3.05) is 0 Å². The lowest BCUT2D eigenvalue weighted by Gasteiger charge is -1.94. The molecular formula is C10H7ClO2S. The number of benzene rings is 1. The Morgan fingerprint density at radius 1 is 1.50 bits per heavy atom. The Morgan fingerprint density at radius 3 is 2.79 bits per heavy atom. The van der Waals surface area contributed by atoms with E-state index in [1.165, 1.54) is 11.3 Å². The van der Waals surface area contributed by atoms with Gasteiger partial charge in [0.2, 0.25) is 0 Å². The third kappa shape index (κ3) is 1.29. The molecule has 0 saturated carbocycles. The molecule has 0 aliphatic heterocycles. The normalized spacial score (nSPS) is 10.7. The monoisotopic (exact) mass is 226 g/mol. The molecule has 1 aromatic carbocycles. The number of rotatable bonds is 1. The molecule has 72 valence electrons. The van der Waals surface area contributed by atoms with Crippen LogP contribution in [0.2, 0.25) is 5.02 Å². The Morgan fingerprint density at radius 2 is 2.21 bits per heavy atom. The highest BCUT2D eigenvalue weighted by molar-refractivity contribution is 7.21. The van der Waals surface area contributed by atoms with Crippen molar-refractivity contribution >= 4 is 39.0 Å². The van der Waals surface area contributed by atoms with Crippen molar-refractivity contribution in [3.63, 3.8) is 0 Å². The van der Waals surface area contributed by atoms with Crippen molar-refractivity contribution in [2.24, 2.45) is 0 Å². The van der Waals surface area contributed by atoms with Crippen LogP contribution in [-0.4, -0.2) is 11.1 Å². The summed E-state index contributed by atoms with van der Waals surface area (Å²) in [5.74, 6) is -0.889. The molecule has 0 aliphatic carbocycles. The van der Waals surface area contributed by atoms with Gasteiger partial charge < -0.3 is 5.11 Å². The quantitative estimate of drug-likeness (QED) is 0.807. The molecular weight excluding hydrogens is 220 g/mol. The van der Waals surface area contributed by atoms with Gasteiger partial charge in [0.15, 0.2) is 0 Å². The molecule has 0 atom stereocenters. The van der Waals surface area contributed by atoms with Gasteiger partial charge in [-0.05, 0) is 24.6 Å². The standard InChI is InChI=1S/C10H7ClO2S/c1-5-8-6(11)3-2-4-7(8)14-9(5)10(12)13/h2-4H,1H3,(H,12,13). The number of carbonyl (C=O) groups is 1. The molecule has 2 nitrogen and oxygen atoms in total. The van der Waals surface area contributed by atoms with E-state index in [2.05, 4.69) is 0 Å². The van der Waals surface area contributed by atoms with Crippen molar-refractivity contribution in [1.29, 1.82) is 0 Å². The summed E-state index contributed by atoms with van der Waals surface area (Å²) in [7, 11) is 0. The zero-order valence-corrected chi connectivity index (χ0v) is 8.95. The maximum absolute atomic E-state index is 10.9. The second-order valence-electron chi connectivity index (χ2n) is 2.97. The first-order valence-corrected chi connectivity index (χ1v) is 5.21. The first-order valence-electron chi connectivity index (χ1n) is 4.02. The van der Waals surface area contributed by atoms with Gasteiger partial charge in [-0.25, -0.2) is 4.79 Å². The molecule has 4 heteroatoms. The number of carboxylic acid groups (broad SMARTS) is 1. The Bertz CT molecular complexity index is 516. The SMILES string of the molecule is Cc1c(C(=O)O)sc2cccc(Cl)c12. The number of hydrogen-bond donors (Lipinski definition) is 1. The molecule has 0 saturated heterocycles. The Labute approximate surface area is 89.7 Å². The molecule has 0 unspecified atom stereocenters. The van der Waals surface area contributed by atoms with Gasteiger partial charge in [0.1, 0.15) is 4.88 Å².